The maximum Gasteiger partial charge on any atom is 0.224 e. The molecule has 1 amide bonds. The Balaban J connectivity index is 0.000000217. The summed E-state index contributed by atoms with van der Waals surface area (Å²) in [6.07, 6.45) is 0. The van der Waals surface area contributed by atoms with Crippen LogP contribution in [0.15, 0.2) is 54.6 Å². The topological polar surface area (TPSA) is 78.3 Å². The Kier molecular flexibility index (Phi) is 6.10. The first-order valence-electron chi connectivity index (χ1n) is 6.28. The van der Waals surface area contributed by atoms with E-state index in [1.165, 1.54) is 0 Å². The summed E-state index contributed by atoms with van der Waals surface area (Å²) in [5.74, 6) is 0.307. The van der Waals surface area contributed by atoms with E-state index in [9.17, 15) is 4.79 Å². The van der Waals surface area contributed by atoms with E-state index in [0.717, 1.165) is 11.3 Å². The van der Waals surface area contributed by atoms with Gasteiger partial charge in [0.1, 0.15) is 5.75 Å². The normalized spacial score (nSPS) is 10.9. The monoisotopic (exact) mass is 272 g/mol. The number of amides is 1. The zero-order chi connectivity index (χ0) is 15.0. The molecule has 0 spiro atoms. The molecule has 4 N–H and O–H groups in total. The Morgan fingerprint density at radius 3 is 2.20 bits per heavy atom. The Morgan fingerprint density at radius 1 is 1.10 bits per heavy atom. The summed E-state index contributed by atoms with van der Waals surface area (Å²) in [4.78, 5) is 10.8. The lowest BCUT2D eigenvalue weighted by molar-refractivity contribution is -0.119. The molecule has 0 aliphatic rings. The molecule has 2 aromatic rings. The van der Waals surface area contributed by atoms with Crippen LogP contribution in [-0.2, 0) is 4.79 Å². The van der Waals surface area contributed by atoms with Crippen LogP contribution in [-0.4, -0.2) is 13.0 Å². The molecule has 0 bridgehead atoms. The highest BCUT2D eigenvalue weighted by Gasteiger charge is 2.10. The van der Waals surface area contributed by atoms with Gasteiger partial charge < -0.3 is 16.2 Å². The second-order valence-corrected chi connectivity index (χ2v) is 4.31. The number of anilines is 1. The van der Waals surface area contributed by atoms with Crippen molar-refractivity contribution in [3.63, 3.8) is 0 Å². The zero-order valence-corrected chi connectivity index (χ0v) is 11.7. The van der Waals surface area contributed by atoms with E-state index < -0.39 is 0 Å². The number of para-hydroxylation sites is 1. The predicted octanol–water partition coefficient (Wildman–Crippen LogP) is 2.55. The van der Waals surface area contributed by atoms with Gasteiger partial charge in [0.15, 0.2) is 0 Å². The molecule has 0 aliphatic heterocycles. The van der Waals surface area contributed by atoms with Crippen LogP contribution < -0.4 is 16.2 Å². The molecular weight excluding hydrogens is 252 g/mol. The third-order valence-corrected chi connectivity index (χ3v) is 2.82. The lowest BCUT2D eigenvalue weighted by Crippen LogP contribution is -2.18. The van der Waals surface area contributed by atoms with Gasteiger partial charge in [-0.3, -0.25) is 4.79 Å². The summed E-state index contributed by atoms with van der Waals surface area (Å²) in [5, 5.41) is 0. The van der Waals surface area contributed by atoms with Crippen molar-refractivity contribution >= 4 is 11.6 Å². The highest BCUT2D eigenvalue weighted by molar-refractivity contribution is 5.81. The fraction of sp³-hybridized carbons (Fsp3) is 0.188. The van der Waals surface area contributed by atoms with Crippen LogP contribution >= 0.6 is 0 Å². The van der Waals surface area contributed by atoms with Gasteiger partial charge in [0.25, 0.3) is 0 Å². The summed E-state index contributed by atoms with van der Waals surface area (Å²) in [6, 6.07) is 16.9. The maximum absolute atomic E-state index is 10.8. The van der Waals surface area contributed by atoms with E-state index in [1.54, 1.807) is 26.2 Å². The molecule has 0 aliphatic carbocycles. The van der Waals surface area contributed by atoms with Crippen molar-refractivity contribution in [3.05, 3.63) is 60.2 Å². The number of carbonyl (C=O) groups is 1. The molecular formula is C16H20N2O2. The van der Waals surface area contributed by atoms with Crippen LogP contribution in [0.1, 0.15) is 18.4 Å². The molecule has 0 radical (unpaired) electrons. The molecule has 1 unspecified atom stereocenters. The van der Waals surface area contributed by atoms with Gasteiger partial charge in [-0.15, -0.1) is 0 Å². The summed E-state index contributed by atoms with van der Waals surface area (Å²) in [6.45, 7) is 1.76. The highest BCUT2D eigenvalue weighted by atomic mass is 16.5. The molecule has 20 heavy (non-hydrogen) atoms. The number of rotatable bonds is 3. The molecule has 0 fully saturated rings. The molecule has 0 saturated carbocycles. The number of primary amides is 1. The van der Waals surface area contributed by atoms with E-state index in [-0.39, 0.29) is 11.8 Å². The Hall–Kier alpha value is -2.49. The number of benzene rings is 2. The van der Waals surface area contributed by atoms with Crippen LogP contribution in [0, 0.1) is 0 Å². The van der Waals surface area contributed by atoms with Gasteiger partial charge in [0, 0.05) is 5.69 Å². The highest BCUT2D eigenvalue weighted by Crippen LogP contribution is 2.16. The number of nitrogens with two attached hydrogens (primary N) is 2. The second-order valence-electron chi connectivity index (χ2n) is 4.31. The Morgan fingerprint density at radius 2 is 1.75 bits per heavy atom. The van der Waals surface area contributed by atoms with Crippen molar-refractivity contribution in [3.8, 4) is 5.75 Å². The van der Waals surface area contributed by atoms with Crippen molar-refractivity contribution in [2.75, 3.05) is 12.8 Å². The van der Waals surface area contributed by atoms with Gasteiger partial charge >= 0.3 is 0 Å². The first-order chi connectivity index (χ1) is 9.54. The quantitative estimate of drug-likeness (QED) is 0.843. The van der Waals surface area contributed by atoms with Crippen molar-refractivity contribution < 1.29 is 9.53 Å². The van der Waals surface area contributed by atoms with E-state index >= 15 is 0 Å². The van der Waals surface area contributed by atoms with E-state index in [2.05, 4.69) is 0 Å². The van der Waals surface area contributed by atoms with E-state index in [0.29, 0.717) is 5.69 Å². The minimum Gasteiger partial charge on any atom is -0.497 e. The lowest BCUT2D eigenvalue weighted by atomic mass is 10.0. The van der Waals surface area contributed by atoms with Crippen molar-refractivity contribution in [1.29, 1.82) is 0 Å². The molecule has 106 valence electrons. The number of nitrogen functional groups attached to an aromatic ring is 1. The number of methoxy groups -OCH3 is 1. The average Bonchev–Trinajstić information content (AvgIpc) is 2.48. The first-order valence-corrected chi connectivity index (χ1v) is 6.28. The van der Waals surface area contributed by atoms with Crippen LogP contribution in [0.25, 0.3) is 0 Å². The maximum atomic E-state index is 10.8. The van der Waals surface area contributed by atoms with Crippen LogP contribution in [0.2, 0.25) is 0 Å². The molecule has 0 saturated heterocycles. The zero-order valence-electron chi connectivity index (χ0n) is 11.7. The summed E-state index contributed by atoms with van der Waals surface area (Å²) in [7, 11) is 1.66. The molecule has 0 aromatic heterocycles. The summed E-state index contributed by atoms with van der Waals surface area (Å²) in [5.41, 5.74) is 12.2. The molecule has 2 rings (SSSR count). The third kappa shape index (κ3) is 5.02. The fourth-order valence-corrected chi connectivity index (χ4v) is 1.55. The van der Waals surface area contributed by atoms with E-state index in [4.69, 9.17) is 16.2 Å². The molecule has 0 heterocycles. The fourth-order valence-electron chi connectivity index (χ4n) is 1.55. The van der Waals surface area contributed by atoms with Gasteiger partial charge in [0.2, 0.25) is 5.91 Å². The number of ether oxygens (including phenoxy) is 1. The Labute approximate surface area is 119 Å². The van der Waals surface area contributed by atoms with Crippen LogP contribution in [0.4, 0.5) is 5.69 Å². The van der Waals surface area contributed by atoms with Crippen molar-refractivity contribution in [2.24, 2.45) is 5.73 Å². The van der Waals surface area contributed by atoms with Gasteiger partial charge in [-0.25, -0.2) is 0 Å². The summed E-state index contributed by atoms with van der Waals surface area (Å²) < 4.78 is 4.91. The van der Waals surface area contributed by atoms with Crippen LogP contribution in [0.5, 0.6) is 5.75 Å². The lowest BCUT2D eigenvalue weighted by Gasteiger charge is -2.07. The molecule has 4 nitrogen and oxygen atoms in total. The smallest absolute Gasteiger partial charge is 0.224 e. The van der Waals surface area contributed by atoms with Crippen LogP contribution in [0.3, 0.4) is 0 Å². The van der Waals surface area contributed by atoms with Gasteiger partial charge in [0.05, 0.1) is 13.0 Å². The average molecular weight is 272 g/mol. The van der Waals surface area contributed by atoms with Gasteiger partial charge in [-0.1, -0.05) is 30.3 Å². The molecule has 2 aromatic carbocycles. The summed E-state index contributed by atoms with van der Waals surface area (Å²) >= 11 is 0. The second kappa shape index (κ2) is 7.84. The van der Waals surface area contributed by atoms with Crippen molar-refractivity contribution in [2.45, 2.75) is 12.8 Å². The third-order valence-electron chi connectivity index (χ3n) is 2.82. The van der Waals surface area contributed by atoms with Crippen molar-refractivity contribution in [1.82, 2.24) is 0 Å². The minimum atomic E-state index is -0.333. The molecule has 4 heteroatoms. The largest absolute Gasteiger partial charge is 0.497 e. The van der Waals surface area contributed by atoms with E-state index in [1.807, 2.05) is 42.5 Å². The SMILES string of the molecule is CC(C(N)=O)c1cccc(N)c1.COc1ccccc1. The first kappa shape index (κ1) is 15.6. The standard InChI is InChI=1S/C9H12N2O.C7H8O/c1-6(9(11)12)7-3-2-4-8(10)5-7;1-8-7-5-3-2-4-6-7/h2-6H,10H2,1H3,(H2,11,12);2-6H,1H3. The molecule has 1 atom stereocenters. The Bertz CT molecular complexity index is 541. The predicted molar refractivity (Wildman–Crippen MR) is 81.5 cm³/mol. The number of hydrogen-bond donors (Lipinski definition) is 2. The minimum absolute atomic E-state index is 0.270. The van der Waals surface area contributed by atoms with Gasteiger partial charge in [-0.2, -0.15) is 0 Å². The van der Waals surface area contributed by atoms with Gasteiger partial charge in [-0.05, 0) is 36.8 Å². The number of hydrogen-bond acceptors (Lipinski definition) is 3. The number of carbonyl (C=O) groups excluding carboxylic acids is 1.